The lowest BCUT2D eigenvalue weighted by Gasteiger charge is -2.08. The van der Waals surface area contributed by atoms with Gasteiger partial charge >= 0.3 is 6.18 Å². The molecule has 1 N–H and O–H groups in total. The van der Waals surface area contributed by atoms with Crippen molar-refractivity contribution in [1.82, 2.24) is 19.7 Å². The van der Waals surface area contributed by atoms with Crippen LogP contribution in [-0.2, 0) is 6.18 Å². The van der Waals surface area contributed by atoms with Crippen LogP contribution in [0.2, 0.25) is 5.02 Å². The van der Waals surface area contributed by atoms with Crippen LogP contribution in [0, 0.1) is 11.6 Å². The third-order valence-corrected chi connectivity index (χ3v) is 3.58. The van der Waals surface area contributed by atoms with Gasteiger partial charge in [-0.05, 0) is 25.1 Å². The summed E-state index contributed by atoms with van der Waals surface area (Å²) in [5, 5.41) is 5.06. The predicted molar refractivity (Wildman–Crippen MR) is 78.8 cm³/mol. The van der Waals surface area contributed by atoms with Gasteiger partial charge in [-0.1, -0.05) is 29.9 Å². The molecule has 0 saturated carbocycles. The number of aryl methyl sites for hydroxylation is 1. The quantitative estimate of drug-likeness (QED) is 0.663. The molecule has 0 fully saturated rings. The fourth-order valence-corrected chi connectivity index (χ4v) is 2.65. The van der Waals surface area contributed by atoms with Gasteiger partial charge in [0.1, 0.15) is 10.3 Å². The number of nitrogens with zero attached hydrogens (tertiary/aromatic N) is 3. The van der Waals surface area contributed by atoms with Gasteiger partial charge in [-0.3, -0.25) is 0 Å². The zero-order chi connectivity index (χ0) is 16.1. The number of H-pyrrole nitrogens is 1. The Hall–Kier alpha value is -1.93. The fourth-order valence-electron chi connectivity index (χ4n) is 2.13. The zero-order valence-corrected chi connectivity index (χ0v) is 12.6. The molecule has 2 heterocycles. The first kappa shape index (κ1) is 15.0. The topological polar surface area (TPSA) is 46.5 Å². The monoisotopic (exact) mass is 344 g/mol. The summed E-state index contributed by atoms with van der Waals surface area (Å²) < 4.78 is 39.9. The van der Waals surface area contributed by atoms with Crippen molar-refractivity contribution in [3.8, 4) is 5.69 Å². The largest absolute Gasteiger partial charge is 0.449 e. The third kappa shape index (κ3) is 2.48. The van der Waals surface area contributed by atoms with Crippen molar-refractivity contribution < 1.29 is 13.2 Å². The molecule has 0 bridgehead atoms. The summed E-state index contributed by atoms with van der Waals surface area (Å²) in [6.45, 7) is 1.65. The van der Waals surface area contributed by atoms with Gasteiger partial charge in [0, 0.05) is 5.02 Å². The Morgan fingerprint density at radius 1 is 1.32 bits per heavy atom. The summed E-state index contributed by atoms with van der Waals surface area (Å²) in [7, 11) is 0. The number of benzene rings is 1. The molecule has 9 heteroatoms. The number of nitrogens with one attached hydrogen (secondary N) is 1. The van der Waals surface area contributed by atoms with Gasteiger partial charge in [0.2, 0.25) is 5.82 Å². The van der Waals surface area contributed by atoms with Gasteiger partial charge in [-0.15, -0.1) is 0 Å². The summed E-state index contributed by atoms with van der Waals surface area (Å²) in [6.07, 6.45) is -4.63. The van der Waals surface area contributed by atoms with E-state index in [1.54, 1.807) is 31.2 Å². The Morgan fingerprint density at radius 3 is 2.68 bits per heavy atom. The van der Waals surface area contributed by atoms with E-state index in [0.29, 0.717) is 21.8 Å². The average Bonchev–Trinajstić information content (AvgIpc) is 2.75. The van der Waals surface area contributed by atoms with Crippen molar-refractivity contribution in [3.05, 3.63) is 45.4 Å². The Balaban J connectivity index is 2.37. The number of fused-ring (bicyclic) bond motifs is 1. The van der Waals surface area contributed by atoms with E-state index < -0.39 is 12.0 Å². The average molecular weight is 345 g/mol. The zero-order valence-electron chi connectivity index (χ0n) is 11.1. The maximum absolute atomic E-state index is 12.9. The number of alkyl halides is 3. The van der Waals surface area contributed by atoms with E-state index in [4.69, 9.17) is 23.8 Å². The van der Waals surface area contributed by atoms with Crippen molar-refractivity contribution in [2.45, 2.75) is 13.1 Å². The minimum absolute atomic E-state index is 0.132. The lowest BCUT2D eigenvalue weighted by molar-refractivity contribution is -0.144. The van der Waals surface area contributed by atoms with Crippen molar-refractivity contribution in [3.63, 3.8) is 0 Å². The van der Waals surface area contributed by atoms with Crippen LogP contribution in [0.3, 0.4) is 0 Å². The molecule has 2 aromatic heterocycles. The summed E-state index contributed by atoms with van der Waals surface area (Å²) in [6, 6.07) is 6.62. The predicted octanol–water partition coefficient (Wildman–Crippen LogP) is 4.46. The second-order valence-electron chi connectivity index (χ2n) is 4.59. The van der Waals surface area contributed by atoms with Crippen LogP contribution in [0.25, 0.3) is 16.7 Å². The molecule has 0 atom stereocenters. The summed E-state index contributed by atoms with van der Waals surface area (Å²) in [4.78, 5) is 5.68. The maximum atomic E-state index is 12.9. The van der Waals surface area contributed by atoms with Gasteiger partial charge < -0.3 is 4.98 Å². The Kier molecular flexibility index (Phi) is 3.45. The second kappa shape index (κ2) is 5.06. The molecule has 0 aliphatic rings. The van der Waals surface area contributed by atoms with Crippen LogP contribution in [0.15, 0.2) is 24.3 Å². The van der Waals surface area contributed by atoms with Crippen molar-refractivity contribution >= 4 is 34.9 Å². The number of hydrogen-bond donors (Lipinski definition) is 1. The van der Waals surface area contributed by atoms with Crippen molar-refractivity contribution in [2.75, 3.05) is 0 Å². The molecule has 0 spiro atoms. The number of rotatable bonds is 1. The van der Waals surface area contributed by atoms with Crippen molar-refractivity contribution in [2.24, 2.45) is 0 Å². The van der Waals surface area contributed by atoms with Crippen LogP contribution < -0.4 is 0 Å². The van der Waals surface area contributed by atoms with Crippen LogP contribution in [0.1, 0.15) is 11.5 Å². The molecule has 3 rings (SSSR count). The van der Waals surface area contributed by atoms with E-state index in [2.05, 4.69) is 15.1 Å². The van der Waals surface area contributed by atoms with Gasteiger partial charge in [0.05, 0.1) is 16.8 Å². The number of halogens is 4. The second-order valence-corrected chi connectivity index (χ2v) is 5.41. The van der Waals surface area contributed by atoms with E-state index in [1.807, 2.05) is 0 Å². The molecular formula is C13H8ClF3N4S. The molecule has 1 aromatic carbocycles. The molecule has 0 amide bonds. The van der Waals surface area contributed by atoms with Gasteiger partial charge in [-0.25, -0.2) is 9.67 Å². The van der Waals surface area contributed by atoms with Crippen LogP contribution in [0.4, 0.5) is 13.2 Å². The highest BCUT2D eigenvalue weighted by atomic mass is 35.5. The number of aromatic nitrogens is 4. The standard InChI is InChI=1S/C13H8ClF3N4S/c1-6-9-10(18-12(13(15,16)17)19-11(9)22)21(20-6)8-4-2-3-7(14)5-8/h2-5H,1H3,(H,18,19,22). The minimum atomic E-state index is -4.63. The summed E-state index contributed by atoms with van der Waals surface area (Å²) in [5.41, 5.74) is 1.14. The molecule has 0 aliphatic carbocycles. The van der Waals surface area contributed by atoms with E-state index in [-0.39, 0.29) is 10.3 Å². The van der Waals surface area contributed by atoms with Gasteiger partial charge in [-0.2, -0.15) is 18.3 Å². The minimum Gasteiger partial charge on any atom is -0.320 e. The third-order valence-electron chi connectivity index (χ3n) is 3.05. The highest BCUT2D eigenvalue weighted by molar-refractivity contribution is 7.71. The van der Waals surface area contributed by atoms with E-state index in [9.17, 15) is 13.2 Å². The number of hydrogen-bond acceptors (Lipinski definition) is 3. The lowest BCUT2D eigenvalue weighted by atomic mass is 10.3. The maximum Gasteiger partial charge on any atom is 0.449 e. The molecule has 4 nitrogen and oxygen atoms in total. The summed E-state index contributed by atoms with van der Waals surface area (Å²) >= 11 is 10.9. The van der Waals surface area contributed by atoms with Crippen LogP contribution >= 0.6 is 23.8 Å². The van der Waals surface area contributed by atoms with E-state index in [0.717, 1.165) is 0 Å². The highest BCUT2D eigenvalue weighted by Crippen LogP contribution is 2.29. The van der Waals surface area contributed by atoms with Gasteiger partial charge in [0.15, 0.2) is 0 Å². The highest BCUT2D eigenvalue weighted by Gasteiger charge is 2.34. The smallest absolute Gasteiger partial charge is 0.320 e. The van der Waals surface area contributed by atoms with Gasteiger partial charge in [0.25, 0.3) is 0 Å². The molecule has 0 aliphatic heterocycles. The number of aromatic amines is 1. The first-order valence-electron chi connectivity index (χ1n) is 6.10. The molecule has 0 radical (unpaired) electrons. The molecule has 22 heavy (non-hydrogen) atoms. The molecule has 0 unspecified atom stereocenters. The first-order chi connectivity index (χ1) is 10.3. The Bertz CT molecular complexity index is 929. The van der Waals surface area contributed by atoms with Crippen LogP contribution in [-0.4, -0.2) is 19.7 Å². The van der Waals surface area contributed by atoms with E-state index >= 15 is 0 Å². The lowest BCUT2D eigenvalue weighted by Crippen LogP contribution is -2.12. The normalized spacial score (nSPS) is 12.0. The Morgan fingerprint density at radius 2 is 2.05 bits per heavy atom. The van der Waals surface area contributed by atoms with Crippen molar-refractivity contribution in [1.29, 1.82) is 0 Å². The molecular weight excluding hydrogens is 337 g/mol. The van der Waals surface area contributed by atoms with E-state index in [1.165, 1.54) is 4.68 Å². The Labute approximate surface area is 132 Å². The molecule has 0 saturated heterocycles. The summed E-state index contributed by atoms with van der Waals surface area (Å²) in [5.74, 6) is -1.16. The molecule has 114 valence electrons. The first-order valence-corrected chi connectivity index (χ1v) is 6.89. The van der Waals surface area contributed by atoms with Crippen LogP contribution in [0.5, 0.6) is 0 Å². The fraction of sp³-hybridized carbons (Fsp3) is 0.154. The molecule has 3 aromatic rings. The SMILES string of the molecule is Cc1nn(-c2cccc(Cl)c2)c2[nH]c(C(F)(F)F)nc(=S)c12.